The van der Waals surface area contributed by atoms with E-state index < -0.39 is 9.84 Å². The van der Waals surface area contributed by atoms with Gasteiger partial charge in [-0.1, -0.05) is 17.7 Å². The second kappa shape index (κ2) is 7.84. The molecule has 0 bridgehead atoms. The standard InChI is InChI=1S/C19H18ClN5O3S/c20-14-12-13(25-8-10-29(27,28)11-9-25)4-5-15(14)23-19(26)18-3-1-2-16(22-18)17-6-7-21-24-17/h1-7,12H,8-11H2,(H,21,24)(H,23,26). The highest BCUT2D eigenvalue weighted by Crippen LogP contribution is 2.29. The van der Waals surface area contributed by atoms with Crippen LogP contribution in [0.1, 0.15) is 10.5 Å². The number of carbonyl (C=O) groups excluding carboxylic acids is 1. The number of aromatic amines is 1. The minimum Gasteiger partial charge on any atom is -0.369 e. The Morgan fingerprint density at radius 1 is 1.10 bits per heavy atom. The first-order chi connectivity index (χ1) is 13.9. The summed E-state index contributed by atoms with van der Waals surface area (Å²) in [6.07, 6.45) is 1.68. The lowest BCUT2D eigenvalue weighted by Gasteiger charge is -2.29. The van der Waals surface area contributed by atoms with E-state index >= 15 is 0 Å². The van der Waals surface area contributed by atoms with E-state index in [0.29, 0.717) is 35.2 Å². The molecule has 1 saturated heterocycles. The summed E-state index contributed by atoms with van der Waals surface area (Å²) < 4.78 is 23.2. The SMILES string of the molecule is O=C(Nc1ccc(N2CCS(=O)(=O)CC2)cc1Cl)c1cccc(-c2cc[nH]n2)n1. The molecule has 150 valence electrons. The maximum absolute atomic E-state index is 12.6. The molecule has 1 aliphatic rings. The zero-order valence-corrected chi connectivity index (χ0v) is 16.9. The number of pyridine rings is 1. The Hall–Kier alpha value is -2.91. The summed E-state index contributed by atoms with van der Waals surface area (Å²) in [5.74, 6) is -0.136. The van der Waals surface area contributed by atoms with Crippen LogP contribution in [-0.4, -0.2) is 54.1 Å². The first-order valence-corrected chi connectivity index (χ1v) is 11.1. The summed E-state index contributed by atoms with van der Waals surface area (Å²) in [6.45, 7) is 0.850. The lowest BCUT2D eigenvalue weighted by molar-refractivity contribution is 0.102. The number of hydrogen-bond acceptors (Lipinski definition) is 6. The molecule has 0 atom stereocenters. The van der Waals surface area contributed by atoms with Gasteiger partial charge in [-0.2, -0.15) is 5.10 Å². The molecule has 0 aliphatic carbocycles. The van der Waals surface area contributed by atoms with Gasteiger partial charge in [-0.25, -0.2) is 13.4 Å². The molecule has 2 N–H and O–H groups in total. The van der Waals surface area contributed by atoms with Gasteiger partial charge in [0.1, 0.15) is 11.4 Å². The number of amides is 1. The maximum atomic E-state index is 12.6. The average molecular weight is 432 g/mol. The van der Waals surface area contributed by atoms with Crippen molar-refractivity contribution in [2.45, 2.75) is 0 Å². The topological polar surface area (TPSA) is 108 Å². The van der Waals surface area contributed by atoms with Gasteiger partial charge in [-0.15, -0.1) is 0 Å². The molecule has 0 saturated carbocycles. The third-order valence-electron chi connectivity index (χ3n) is 4.66. The van der Waals surface area contributed by atoms with Crippen molar-refractivity contribution in [1.82, 2.24) is 15.2 Å². The van der Waals surface area contributed by atoms with E-state index in [2.05, 4.69) is 20.5 Å². The number of nitrogens with zero attached hydrogens (tertiary/aromatic N) is 3. The summed E-state index contributed by atoms with van der Waals surface area (Å²) in [6, 6.07) is 12.1. The van der Waals surface area contributed by atoms with Crippen molar-refractivity contribution >= 4 is 38.7 Å². The average Bonchev–Trinajstić information content (AvgIpc) is 3.24. The van der Waals surface area contributed by atoms with Crippen molar-refractivity contribution in [3.63, 3.8) is 0 Å². The molecular formula is C19H18ClN5O3S. The van der Waals surface area contributed by atoms with Gasteiger partial charge >= 0.3 is 0 Å². The summed E-state index contributed by atoms with van der Waals surface area (Å²) in [5.41, 5.74) is 2.75. The Kier molecular flexibility index (Phi) is 5.25. The minimum atomic E-state index is -2.95. The predicted octanol–water partition coefficient (Wildman–Crippen LogP) is 2.61. The molecular weight excluding hydrogens is 414 g/mol. The zero-order valence-electron chi connectivity index (χ0n) is 15.3. The molecule has 29 heavy (non-hydrogen) atoms. The highest BCUT2D eigenvalue weighted by Gasteiger charge is 2.22. The van der Waals surface area contributed by atoms with Crippen LogP contribution in [0.3, 0.4) is 0 Å². The van der Waals surface area contributed by atoms with Crippen LogP contribution in [0.15, 0.2) is 48.7 Å². The summed E-state index contributed by atoms with van der Waals surface area (Å²) in [7, 11) is -2.95. The number of anilines is 2. The summed E-state index contributed by atoms with van der Waals surface area (Å²) in [4.78, 5) is 18.9. The van der Waals surface area contributed by atoms with Gasteiger partial charge in [0.25, 0.3) is 5.91 Å². The molecule has 2 aromatic heterocycles. The zero-order chi connectivity index (χ0) is 20.4. The molecule has 4 rings (SSSR count). The normalized spacial score (nSPS) is 15.8. The van der Waals surface area contributed by atoms with Crippen molar-refractivity contribution in [2.24, 2.45) is 0 Å². The Bertz CT molecular complexity index is 1130. The van der Waals surface area contributed by atoms with E-state index in [4.69, 9.17) is 11.6 Å². The maximum Gasteiger partial charge on any atom is 0.274 e. The number of hydrogen-bond donors (Lipinski definition) is 2. The van der Waals surface area contributed by atoms with Crippen LogP contribution in [0.2, 0.25) is 5.02 Å². The van der Waals surface area contributed by atoms with Crippen molar-refractivity contribution in [1.29, 1.82) is 0 Å². The summed E-state index contributed by atoms with van der Waals surface area (Å²) in [5, 5.41) is 9.92. The first-order valence-electron chi connectivity index (χ1n) is 8.95. The summed E-state index contributed by atoms with van der Waals surface area (Å²) >= 11 is 6.35. The molecule has 3 aromatic rings. The smallest absolute Gasteiger partial charge is 0.274 e. The van der Waals surface area contributed by atoms with E-state index in [-0.39, 0.29) is 23.1 Å². The molecule has 1 amide bonds. The molecule has 0 radical (unpaired) electrons. The Labute approximate surface area is 172 Å². The number of sulfone groups is 1. The van der Waals surface area contributed by atoms with Gasteiger partial charge in [0, 0.05) is 25.0 Å². The van der Waals surface area contributed by atoms with Crippen molar-refractivity contribution in [3.8, 4) is 11.4 Å². The van der Waals surface area contributed by atoms with E-state index in [0.717, 1.165) is 5.69 Å². The van der Waals surface area contributed by atoms with Crippen LogP contribution >= 0.6 is 11.6 Å². The third-order valence-corrected chi connectivity index (χ3v) is 6.58. The quantitative estimate of drug-likeness (QED) is 0.657. The Balaban J connectivity index is 1.48. The van der Waals surface area contributed by atoms with E-state index in [1.165, 1.54) is 0 Å². The second-order valence-corrected chi connectivity index (χ2v) is 9.34. The number of rotatable bonds is 4. The van der Waals surface area contributed by atoms with E-state index in [9.17, 15) is 13.2 Å². The number of aromatic nitrogens is 3. The number of carbonyl (C=O) groups is 1. The molecule has 1 aromatic carbocycles. The third kappa shape index (κ3) is 4.41. The fourth-order valence-corrected chi connectivity index (χ4v) is 4.49. The van der Waals surface area contributed by atoms with Crippen molar-refractivity contribution in [2.75, 3.05) is 34.8 Å². The van der Waals surface area contributed by atoms with Gasteiger partial charge < -0.3 is 10.2 Å². The van der Waals surface area contributed by atoms with E-state index in [1.54, 1.807) is 42.6 Å². The molecule has 10 heteroatoms. The molecule has 3 heterocycles. The van der Waals surface area contributed by atoms with Crippen LogP contribution in [0, 0.1) is 0 Å². The van der Waals surface area contributed by atoms with Crippen molar-refractivity contribution < 1.29 is 13.2 Å². The van der Waals surface area contributed by atoms with Crippen LogP contribution in [-0.2, 0) is 9.84 Å². The first kappa shape index (κ1) is 19.4. The van der Waals surface area contributed by atoms with Crippen molar-refractivity contribution in [3.05, 3.63) is 59.4 Å². The van der Waals surface area contributed by atoms with Gasteiger partial charge in [0.15, 0.2) is 9.84 Å². The molecule has 8 nitrogen and oxygen atoms in total. The molecule has 1 fully saturated rings. The largest absolute Gasteiger partial charge is 0.369 e. The van der Waals surface area contributed by atoms with Crippen LogP contribution < -0.4 is 10.2 Å². The highest BCUT2D eigenvalue weighted by atomic mass is 35.5. The number of benzene rings is 1. The van der Waals surface area contributed by atoms with E-state index in [1.807, 2.05) is 11.0 Å². The monoisotopic (exact) mass is 431 g/mol. The Morgan fingerprint density at radius 3 is 2.59 bits per heavy atom. The number of halogens is 1. The molecule has 0 spiro atoms. The van der Waals surface area contributed by atoms with Gasteiger partial charge in [0.2, 0.25) is 0 Å². The fraction of sp³-hybridized carbons (Fsp3) is 0.211. The molecule has 1 aliphatic heterocycles. The highest BCUT2D eigenvalue weighted by molar-refractivity contribution is 7.91. The lowest BCUT2D eigenvalue weighted by atomic mass is 10.2. The molecule has 0 unspecified atom stereocenters. The fourth-order valence-electron chi connectivity index (χ4n) is 3.07. The van der Waals surface area contributed by atoms with Gasteiger partial charge in [-0.05, 0) is 36.4 Å². The van der Waals surface area contributed by atoms with Gasteiger partial charge in [-0.3, -0.25) is 9.89 Å². The van der Waals surface area contributed by atoms with Crippen LogP contribution in [0.4, 0.5) is 11.4 Å². The Morgan fingerprint density at radius 2 is 1.90 bits per heavy atom. The lowest BCUT2D eigenvalue weighted by Crippen LogP contribution is -2.40. The van der Waals surface area contributed by atoms with Crippen LogP contribution in [0.5, 0.6) is 0 Å². The van der Waals surface area contributed by atoms with Gasteiger partial charge in [0.05, 0.1) is 27.9 Å². The van der Waals surface area contributed by atoms with Crippen LogP contribution in [0.25, 0.3) is 11.4 Å². The predicted molar refractivity (Wildman–Crippen MR) is 112 cm³/mol. The second-order valence-electron chi connectivity index (χ2n) is 6.62. The minimum absolute atomic E-state index is 0.126. The number of H-pyrrole nitrogens is 1. The number of nitrogens with one attached hydrogen (secondary N) is 2.